The second-order valence-electron chi connectivity index (χ2n) is 5.13. The maximum atomic E-state index is 11.2. The molecule has 6 nitrogen and oxygen atoms in total. The predicted molar refractivity (Wildman–Crippen MR) is 92.5 cm³/mol. The van der Waals surface area contributed by atoms with Crippen molar-refractivity contribution in [3.05, 3.63) is 35.0 Å². The van der Waals surface area contributed by atoms with Crippen LogP contribution in [0.1, 0.15) is 29.2 Å². The number of aryl methyl sites for hydroxylation is 1. The summed E-state index contributed by atoms with van der Waals surface area (Å²) in [6, 6.07) is 5.69. The topological polar surface area (TPSA) is 73.1 Å². The molecule has 0 bridgehead atoms. The lowest BCUT2D eigenvalue weighted by atomic mass is 10.1. The summed E-state index contributed by atoms with van der Waals surface area (Å²) >= 11 is 1.17. The number of aromatic carboxylic acids is 1. The fraction of sp³-hybridized carbons (Fsp3) is 0.294. The van der Waals surface area contributed by atoms with E-state index in [0.717, 1.165) is 11.3 Å². The molecule has 2 heterocycles. The molecule has 0 saturated carbocycles. The number of carboxylic acid groups (broad SMARTS) is 1. The van der Waals surface area contributed by atoms with Crippen LogP contribution in [0, 0.1) is 6.92 Å². The third-order valence-corrected chi connectivity index (χ3v) is 4.73. The van der Waals surface area contributed by atoms with Crippen LogP contribution in [0.5, 0.6) is 11.5 Å². The molecule has 0 aliphatic heterocycles. The average Bonchev–Trinajstić information content (AvgIpc) is 3.09. The molecule has 0 amide bonds. The van der Waals surface area contributed by atoms with Crippen molar-refractivity contribution in [3.63, 3.8) is 0 Å². The van der Waals surface area contributed by atoms with Crippen LogP contribution in [0.3, 0.4) is 0 Å². The molecule has 0 aliphatic rings. The van der Waals surface area contributed by atoms with E-state index in [1.807, 2.05) is 38.2 Å². The first kappa shape index (κ1) is 16.3. The Morgan fingerprint density at radius 3 is 2.58 bits per heavy atom. The third kappa shape index (κ3) is 2.82. The van der Waals surface area contributed by atoms with Gasteiger partial charge in [0.1, 0.15) is 4.88 Å². The maximum Gasteiger partial charge on any atom is 0.347 e. The van der Waals surface area contributed by atoms with Gasteiger partial charge in [-0.25, -0.2) is 9.78 Å². The van der Waals surface area contributed by atoms with Crippen LogP contribution >= 0.6 is 11.3 Å². The van der Waals surface area contributed by atoms with Crippen molar-refractivity contribution in [1.82, 2.24) is 9.38 Å². The van der Waals surface area contributed by atoms with Crippen LogP contribution in [0.2, 0.25) is 0 Å². The summed E-state index contributed by atoms with van der Waals surface area (Å²) in [5, 5.41) is 9.19. The number of ether oxygens (including phenoxy) is 2. The summed E-state index contributed by atoms with van der Waals surface area (Å²) in [6.07, 6.45) is 1.85. The zero-order chi connectivity index (χ0) is 17.3. The molecule has 0 fully saturated rings. The summed E-state index contributed by atoms with van der Waals surface area (Å²) in [6.45, 7) is 6.74. The van der Waals surface area contributed by atoms with E-state index >= 15 is 0 Å². The Kier molecular flexibility index (Phi) is 4.44. The number of imidazole rings is 1. The molecule has 24 heavy (non-hydrogen) atoms. The van der Waals surface area contributed by atoms with Gasteiger partial charge in [-0.1, -0.05) is 11.3 Å². The first-order valence-electron chi connectivity index (χ1n) is 7.67. The molecule has 0 saturated heterocycles. The van der Waals surface area contributed by atoms with E-state index in [0.29, 0.717) is 40.2 Å². The van der Waals surface area contributed by atoms with Gasteiger partial charge in [-0.2, -0.15) is 0 Å². The number of aromatic nitrogens is 2. The van der Waals surface area contributed by atoms with Crippen molar-refractivity contribution in [1.29, 1.82) is 0 Å². The minimum absolute atomic E-state index is 0.311. The number of fused-ring (bicyclic) bond motifs is 1. The first-order valence-corrected chi connectivity index (χ1v) is 8.48. The highest BCUT2D eigenvalue weighted by atomic mass is 32.1. The van der Waals surface area contributed by atoms with E-state index in [1.54, 1.807) is 11.3 Å². The van der Waals surface area contributed by atoms with E-state index in [2.05, 4.69) is 4.98 Å². The number of hydrogen-bond donors (Lipinski definition) is 1. The lowest BCUT2D eigenvalue weighted by Gasteiger charge is -2.11. The Hall–Kier alpha value is -2.54. The van der Waals surface area contributed by atoms with Gasteiger partial charge in [-0.3, -0.25) is 4.40 Å². The van der Waals surface area contributed by atoms with Crippen LogP contribution in [-0.4, -0.2) is 33.7 Å². The van der Waals surface area contributed by atoms with Gasteiger partial charge in [-0.15, -0.1) is 0 Å². The van der Waals surface area contributed by atoms with Gasteiger partial charge in [0.25, 0.3) is 0 Å². The average molecular weight is 346 g/mol. The molecule has 0 spiro atoms. The van der Waals surface area contributed by atoms with Gasteiger partial charge in [-0.05, 0) is 39.0 Å². The standard InChI is InChI=1S/C17H18N2O4S/c1-4-22-13-7-6-11(8-14(13)23-5-2)12-9-19-10(3)15(16(20)21)24-17(19)18-12/h6-9H,4-5H2,1-3H3,(H,20,21). The summed E-state index contributed by atoms with van der Waals surface area (Å²) in [7, 11) is 0. The Bertz CT molecular complexity index is 898. The molecular formula is C17H18N2O4S. The van der Waals surface area contributed by atoms with Crippen molar-refractivity contribution in [2.75, 3.05) is 13.2 Å². The van der Waals surface area contributed by atoms with Gasteiger partial charge in [0, 0.05) is 17.5 Å². The molecule has 7 heteroatoms. The van der Waals surface area contributed by atoms with E-state index < -0.39 is 5.97 Å². The molecule has 2 aromatic heterocycles. The fourth-order valence-electron chi connectivity index (χ4n) is 2.50. The second kappa shape index (κ2) is 6.52. The minimum Gasteiger partial charge on any atom is -0.490 e. The Labute approximate surface area is 143 Å². The third-order valence-electron chi connectivity index (χ3n) is 3.59. The van der Waals surface area contributed by atoms with Crippen molar-refractivity contribution in [2.45, 2.75) is 20.8 Å². The van der Waals surface area contributed by atoms with E-state index in [-0.39, 0.29) is 0 Å². The zero-order valence-corrected chi connectivity index (χ0v) is 14.5. The van der Waals surface area contributed by atoms with Crippen LogP contribution in [0.4, 0.5) is 0 Å². The quantitative estimate of drug-likeness (QED) is 0.733. The number of thiazole rings is 1. The van der Waals surface area contributed by atoms with Crippen LogP contribution in [0.25, 0.3) is 16.2 Å². The Balaban J connectivity index is 2.03. The summed E-state index contributed by atoms with van der Waals surface area (Å²) < 4.78 is 13.0. The lowest BCUT2D eigenvalue weighted by molar-refractivity contribution is 0.0701. The largest absolute Gasteiger partial charge is 0.490 e. The number of carbonyl (C=O) groups is 1. The number of nitrogens with zero attached hydrogens (tertiary/aromatic N) is 2. The summed E-state index contributed by atoms with van der Waals surface area (Å²) in [5.41, 5.74) is 2.34. The van der Waals surface area contributed by atoms with Gasteiger partial charge < -0.3 is 14.6 Å². The van der Waals surface area contributed by atoms with Crippen molar-refractivity contribution < 1.29 is 19.4 Å². The van der Waals surface area contributed by atoms with Crippen LogP contribution < -0.4 is 9.47 Å². The molecule has 0 atom stereocenters. The molecule has 0 aliphatic carbocycles. The van der Waals surface area contributed by atoms with Gasteiger partial charge in [0.15, 0.2) is 16.5 Å². The van der Waals surface area contributed by atoms with E-state index in [1.165, 1.54) is 11.3 Å². The Morgan fingerprint density at radius 1 is 1.25 bits per heavy atom. The molecule has 0 unspecified atom stereocenters. The lowest BCUT2D eigenvalue weighted by Crippen LogP contribution is -1.98. The molecule has 1 aromatic carbocycles. The zero-order valence-electron chi connectivity index (χ0n) is 13.7. The number of benzene rings is 1. The van der Waals surface area contributed by atoms with Gasteiger partial charge >= 0.3 is 5.97 Å². The van der Waals surface area contributed by atoms with Gasteiger partial charge in [0.2, 0.25) is 0 Å². The smallest absolute Gasteiger partial charge is 0.347 e. The maximum absolute atomic E-state index is 11.2. The molecular weight excluding hydrogens is 328 g/mol. The van der Waals surface area contributed by atoms with Crippen LogP contribution in [0.15, 0.2) is 24.4 Å². The first-order chi connectivity index (χ1) is 11.5. The molecule has 3 rings (SSSR count). The summed E-state index contributed by atoms with van der Waals surface area (Å²) in [4.78, 5) is 16.7. The number of hydrogen-bond acceptors (Lipinski definition) is 5. The van der Waals surface area contributed by atoms with Crippen LogP contribution in [-0.2, 0) is 0 Å². The molecule has 126 valence electrons. The molecule has 1 N–H and O–H groups in total. The highest BCUT2D eigenvalue weighted by Gasteiger charge is 2.17. The van der Waals surface area contributed by atoms with E-state index in [9.17, 15) is 9.90 Å². The number of rotatable bonds is 6. The SMILES string of the molecule is CCOc1ccc(-c2cn3c(C)c(C(=O)O)sc3n2)cc1OCC. The van der Waals surface area contributed by atoms with Crippen molar-refractivity contribution in [2.24, 2.45) is 0 Å². The van der Waals surface area contributed by atoms with E-state index in [4.69, 9.17) is 9.47 Å². The monoisotopic (exact) mass is 346 g/mol. The normalized spacial score (nSPS) is 11.0. The second-order valence-corrected chi connectivity index (χ2v) is 6.11. The fourth-order valence-corrected chi connectivity index (χ4v) is 3.45. The van der Waals surface area contributed by atoms with Crippen molar-refractivity contribution in [3.8, 4) is 22.8 Å². The summed E-state index contributed by atoms with van der Waals surface area (Å²) in [5.74, 6) is 0.453. The number of carboxylic acids is 1. The predicted octanol–water partition coefficient (Wildman–Crippen LogP) is 3.87. The van der Waals surface area contributed by atoms with Gasteiger partial charge in [0.05, 0.1) is 18.9 Å². The Morgan fingerprint density at radius 2 is 1.96 bits per heavy atom. The van der Waals surface area contributed by atoms with Crippen molar-refractivity contribution >= 4 is 22.3 Å². The highest BCUT2D eigenvalue weighted by Crippen LogP contribution is 2.34. The molecule has 0 radical (unpaired) electrons. The highest BCUT2D eigenvalue weighted by molar-refractivity contribution is 7.19. The molecule has 3 aromatic rings. The minimum atomic E-state index is -0.927.